The fraction of sp³-hybridized carbons (Fsp3) is 1.00. The van der Waals surface area contributed by atoms with Gasteiger partial charge in [0.15, 0.2) is 0 Å². The van der Waals surface area contributed by atoms with Crippen molar-refractivity contribution in [3.63, 3.8) is 0 Å². The summed E-state index contributed by atoms with van der Waals surface area (Å²) < 4.78 is 5.17. The third-order valence-corrected chi connectivity index (χ3v) is 7.24. The van der Waals surface area contributed by atoms with Crippen molar-refractivity contribution in [2.75, 3.05) is 13.7 Å². The Morgan fingerprint density at radius 1 is 0.400 bits per heavy atom. The standard InChI is InChI=1S/C29H60O/c1-5-8-11-19-24-29(25-20-12-9-6-2,26-21-13-10-7-3)27-22-17-15-14-16-18-23-28-30-4/h5-28H2,1-4H3. The summed E-state index contributed by atoms with van der Waals surface area (Å²) in [5.74, 6) is 0. The molecule has 0 rings (SSSR count). The second-order valence-corrected chi connectivity index (χ2v) is 10.1. The molecule has 0 N–H and O–H groups in total. The zero-order valence-electron chi connectivity index (χ0n) is 21.9. The Balaban J connectivity index is 4.50. The molecular formula is C29H60O. The molecule has 0 aromatic carbocycles. The van der Waals surface area contributed by atoms with Crippen LogP contribution in [0.5, 0.6) is 0 Å². The molecule has 0 bridgehead atoms. The van der Waals surface area contributed by atoms with Crippen LogP contribution in [0.2, 0.25) is 0 Å². The van der Waals surface area contributed by atoms with E-state index in [1.807, 2.05) is 7.11 Å². The molecule has 0 atom stereocenters. The Kier molecular flexibility index (Phi) is 23.6. The van der Waals surface area contributed by atoms with Crippen molar-refractivity contribution < 1.29 is 4.74 Å². The molecule has 1 nitrogen and oxygen atoms in total. The van der Waals surface area contributed by atoms with E-state index in [0.717, 1.165) is 6.61 Å². The molecule has 1 heteroatoms. The number of hydrogen-bond donors (Lipinski definition) is 0. The summed E-state index contributed by atoms with van der Waals surface area (Å²) in [4.78, 5) is 0. The van der Waals surface area contributed by atoms with Crippen LogP contribution in [0.4, 0.5) is 0 Å². The van der Waals surface area contributed by atoms with Gasteiger partial charge < -0.3 is 4.74 Å². The summed E-state index contributed by atoms with van der Waals surface area (Å²) in [6, 6.07) is 0. The monoisotopic (exact) mass is 424 g/mol. The highest BCUT2D eigenvalue weighted by Crippen LogP contribution is 2.42. The van der Waals surface area contributed by atoms with Gasteiger partial charge in [0.1, 0.15) is 0 Å². The van der Waals surface area contributed by atoms with Gasteiger partial charge >= 0.3 is 0 Å². The van der Waals surface area contributed by atoms with Gasteiger partial charge in [-0.2, -0.15) is 0 Å². The summed E-state index contributed by atoms with van der Waals surface area (Å²) in [6.07, 6.45) is 33.1. The Labute approximate surface area is 192 Å². The predicted octanol–water partition coefficient (Wildman–Crippen LogP) is 10.7. The van der Waals surface area contributed by atoms with Crippen LogP contribution in [-0.4, -0.2) is 13.7 Å². The van der Waals surface area contributed by atoms with Crippen LogP contribution in [0.15, 0.2) is 0 Å². The van der Waals surface area contributed by atoms with Gasteiger partial charge in [-0.05, 0) is 37.5 Å². The zero-order chi connectivity index (χ0) is 22.2. The van der Waals surface area contributed by atoms with Gasteiger partial charge in [-0.1, -0.05) is 136 Å². The average Bonchev–Trinajstić information content (AvgIpc) is 2.76. The summed E-state index contributed by atoms with van der Waals surface area (Å²) in [5, 5.41) is 0. The van der Waals surface area contributed by atoms with Gasteiger partial charge in [0.05, 0.1) is 0 Å². The second kappa shape index (κ2) is 23.6. The van der Waals surface area contributed by atoms with E-state index in [-0.39, 0.29) is 0 Å². The first kappa shape index (κ1) is 30.0. The molecule has 0 unspecified atom stereocenters. The fourth-order valence-corrected chi connectivity index (χ4v) is 5.16. The van der Waals surface area contributed by atoms with Crippen LogP contribution in [0.3, 0.4) is 0 Å². The highest BCUT2D eigenvalue weighted by Gasteiger charge is 2.28. The molecule has 0 amide bonds. The van der Waals surface area contributed by atoms with Crippen molar-refractivity contribution in [1.82, 2.24) is 0 Å². The maximum absolute atomic E-state index is 5.17. The lowest BCUT2D eigenvalue weighted by Crippen LogP contribution is -2.21. The summed E-state index contributed by atoms with van der Waals surface area (Å²) in [6.45, 7) is 7.98. The Bertz CT molecular complexity index is 280. The lowest BCUT2D eigenvalue weighted by molar-refractivity contribution is 0.171. The Morgan fingerprint density at radius 3 is 1.03 bits per heavy atom. The minimum atomic E-state index is 0.674. The lowest BCUT2D eigenvalue weighted by atomic mass is 9.70. The smallest absolute Gasteiger partial charge is 0.0462 e. The van der Waals surface area contributed by atoms with Crippen molar-refractivity contribution in [3.05, 3.63) is 0 Å². The highest BCUT2D eigenvalue weighted by atomic mass is 16.5. The van der Waals surface area contributed by atoms with E-state index in [9.17, 15) is 0 Å². The normalized spacial score (nSPS) is 12.0. The molecule has 0 saturated heterocycles. The van der Waals surface area contributed by atoms with E-state index < -0.39 is 0 Å². The van der Waals surface area contributed by atoms with Crippen molar-refractivity contribution >= 4 is 0 Å². The molecule has 0 saturated carbocycles. The van der Waals surface area contributed by atoms with Gasteiger partial charge in [0.2, 0.25) is 0 Å². The molecule has 0 heterocycles. The maximum atomic E-state index is 5.17. The molecular weight excluding hydrogens is 364 g/mol. The molecule has 182 valence electrons. The quantitative estimate of drug-likeness (QED) is 0.132. The van der Waals surface area contributed by atoms with Gasteiger partial charge in [-0.25, -0.2) is 0 Å². The molecule has 30 heavy (non-hydrogen) atoms. The Hall–Kier alpha value is -0.0400. The second-order valence-electron chi connectivity index (χ2n) is 10.1. The summed E-state index contributed by atoms with van der Waals surface area (Å²) >= 11 is 0. The van der Waals surface area contributed by atoms with Gasteiger partial charge in [0.25, 0.3) is 0 Å². The zero-order valence-corrected chi connectivity index (χ0v) is 21.9. The maximum Gasteiger partial charge on any atom is 0.0462 e. The number of hydrogen-bond acceptors (Lipinski definition) is 1. The predicted molar refractivity (Wildman–Crippen MR) is 138 cm³/mol. The van der Waals surface area contributed by atoms with Gasteiger partial charge in [-0.15, -0.1) is 0 Å². The van der Waals surface area contributed by atoms with Crippen molar-refractivity contribution in [1.29, 1.82) is 0 Å². The molecule has 0 fully saturated rings. The van der Waals surface area contributed by atoms with Crippen LogP contribution in [0, 0.1) is 5.41 Å². The molecule has 0 radical (unpaired) electrons. The minimum Gasteiger partial charge on any atom is -0.385 e. The van der Waals surface area contributed by atoms with Crippen LogP contribution in [-0.2, 0) is 4.74 Å². The number of ether oxygens (including phenoxy) is 1. The van der Waals surface area contributed by atoms with Crippen molar-refractivity contribution in [2.24, 2.45) is 5.41 Å². The average molecular weight is 425 g/mol. The molecule has 0 aliphatic carbocycles. The van der Waals surface area contributed by atoms with E-state index in [0.29, 0.717) is 5.41 Å². The number of rotatable bonds is 25. The molecule has 0 aliphatic rings. The van der Waals surface area contributed by atoms with Gasteiger partial charge in [-0.3, -0.25) is 0 Å². The number of unbranched alkanes of at least 4 members (excludes halogenated alkanes) is 15. The van der Waals surface area contributed by atoms with E-state index in [2.05, 4.69) is 20.8 Å². The summed E-state index contributed by atoms with van der Waals surface area (Å²) in [7, 11) is 1.82. The highest BCUT2D eigenvalue weighted by molar-refractivity contribution is 4.80. The fourth-order valence-electron chi connectivity index (χ4n) is 5.16. The van der Waals surface area contributed by atoms with E-state index in [1.165, 1.54) is 148 Å². The van der Waals surface area contributed by atoms with Crippen LogP contribution >= 0.6 is 0 Å². The molecule has 0 spiro atoms. The van der Waals surface area contributed by atoms with Crippen molar-refractivity contribution in [3.8, 4) is 0 Å². The Morgan fingerprint density at radius 2 is 0.700 bits per heavy atom. The molecule has 0 aromatic rings. The topological polar surface area (TPSA) is 9.23 Å². The first-order valence-corrected chi connectivity index (χ1v) is 14.2. The lowest BCUT2D eigenvalue weighted by Gasteiger charge is -2.35. The molecule has 0 aliphatic heterocycles. The first-order valence-electron chi connectivity index (χ1n) is 14.2. The minimum absolute atomic E-state index is 0.674. The first-order chi connectivity index (χ1) is 14.7. The SMILES string of the molecule is CCCCCCC(CCCCCC)(CCCCCC)CCCCCCCCCOC. The summed E-state index contributed by atoms with van der Waals surface area (Å²) in [5.41, 5.74) is 0.674. The van der Waals surface area contributed by atoms with Crippen LogP contribution in [0.25, 0.3) is 0 Å². The van der Waals surface area contributed by atoms with Crippen molar-refractivity contribution in [2.45, 2.75) is 168 Å². The largest absolute Gasteiger partial charge is 0.385 e. The molecule has 0 aromatic heterocycles. The number of methoxy groups -OCH3 is 1. The third kappa shape index (κ3) is 18.7. The van der Waals surface area contributed by atoms with Crippen LogP contribution < -0.4 is 0 Å². The van der Waals surface area contributed by atoms with E-state index in [4.69, 9.17) is 4.74 Å². The van der Waals surface area contributed by atoms with Crippen LogP contribution in [0.1, 0.15) is 168 Å². The van der Waals surface area contributed by atoms with E-state index >= 15 is 0 Å². The van der Waals surface area contributed by atoms with E-state index in [1.54, 1.807) is 0 Å². The third-order valence-electron chi connectivity index (χ3n) is 7.24. The van der Waals surface area contributed by atoms with Gasteiger partial charge in [0, 0.05) is 13.7 Å².